The van der Waals surface area contributed by atoms with Crippen LogP contribution in [0.4, 0.5) is 5.69 Å². The fraction of sp³-hybridized carbons (Fsp3) is 0.300. The predicted molar refractivity (Wildman–Crippen MR) is 61.4 cm³/mol. The molecule has 0 amide bonds. The number of hydrogen-bond donors (Lipinski definition) is 1. The van der Waals surface area contributed by atoms with Crippen molar-refractivity contribution in [2.75, 3.05) is 19.0 Å². The predicted octanol–water partition coefficient (Wildman–Crippen LogP) is 2.67. The largest absolute Gasteiger partial charge is 0.468 e. The zero-order valence-electron chi connectivity index (χ0n) is 8.29. The summed E-state index contributed by atoms with van der Waals surface area (Å²) in [6.07, 6.45) is 0. The molecule has 1 aromatic carbocycles. The van der Waals surface area contributed by atoms with Gasteiger partial charge in [-0.2, -0.15) is 0 Å². The molecule has 0 aromatic heterocycles. The van der Waals surface area contributed by atoms with Crippen molar-refractivity contribution in [3.8, 4) is 0 Å². The van der Waals surface area contributed by atoms with E-state index in [-0.39, 0.29) is 0 Å². The molecular formula is C10H14BrNO2. The van der Waals surface area contributed by atoms with Crippen LogP contribution in [0, 0.1) is 0 Å². The maximum Gasteiger partial charge on any atom is 0.293 e. The Morgan fingerprint density at radius 2 is 2.14 bits per heavy atom. The first-order valence-electron chi connectivity index (χ1n) is 4.23. The number of rotatable bonds is 3. The van der Waals surface area contributed by atoms with Crippen LogP contribution in [0.15, 0.2) is 28.7 Å². The van der Waals surface area contributed by atoms with E-state index >= 15 is 0 Å². The number of nitrogens with one attached hydrogen (secondary N) is 1. The number of carbonyl (C=O) groups excluding carboxylic acids is 1. The first-order valence-corrected chi connectivity index (χ1v) is 5.03. The van der Waals surface area contributed by atoms with Crippen molar-refractivity contribution >= 4 is 28.1 Å². The molecule has 0 aliphatic carbocycles. The summed E-state index contributed by atoms with van der Waals surface area (Å²) in [6, 6.07) is 8.01. The molecule has 0 saturated heterocycles. The molecule has 78 valence electrons. The van der Waals surface area contributed by atoms with Crippen LogP contribution in [0.25, 0.3) is 0 Å². The molecule has 1 N–H and O–H groups in total. The molecule has 0 aliphatic rings. The van der Waals surface area contributed by atoms with Gasteiger partial charge in [-0.15, -0.1) is 0 Å². The summed E-state index contributed by atoms with van der Waals surface area (Å²) in [4.78, 5) is 9.18. The van der Waals surface area contributed by atoms with Crippen LogP contribution in [0.5, 0.6) is 0 Å². The molecule has 0 spiro atoms. The summed E-state index contributed by atoms with van der Waals surface area (Å²) in [5, 5.41) is 3.05. The van der Waals surface area contributed by atoms with Gasteiger partial charge in [0, 0.05) is 17.2 Å². The Hall–Kier alpha value is -1.03. The van der Waals surface area contributed by atoms with Crippen LogP contribution in [-0.2, 0) is 9.53 Å². The van der Waals surface area contributed by atoms with Gasteiger partial charge in [-0.25, -0.2) is 0 Å². The van der Waals surface area contributed by atoms with Gasteiger partial charge >= 0.3 is 0 Å². The quantitative estimate of drug-likeness (QED) is 0.849. The molecule has 0 heterocycles. The van der Waals surface area contributed by atoms with Gasteiger partial charge in [0.1, 0.15) is 0 Å². The van der Waals surface area contributed by atoms with Crippen molar-refractivity contribution in [2.24, 2.45) is 0 Å². The molecule has 1 rings (SSSR count). The monoisotopic (exact) mass is 259 g/mol. The first kappa shape index (κ1) is 13.0. The zero-order chi connectivity index (χ0) is 10.8. The van der Waals surface area contributed by atoms with Crippen LogP contribution in [0.3, 0.4) is 0 Å². The molecule has 0 fully saturated rings. The third kappa shape index (κ3) is 5.59. The highest BCUT2D eigenvalue weighted by Crippen LogP contribution is 2.19. The van der Waals surface area contributed by atoms with Crippen molar-refractivity contribution < 1.29 is 9.53 Å². The van der Waals surface area contributed by atoms with Gasteiger partial charge in [0.25, 0.3) is 6.47 Å². The van der Waals surface area contributed by atoms with Crippen molar-refractivity contribution in [3.63, 3.8) is 0 Å². The Morgan fingerprint density at radius 1 is 1.50 bits per heavy atom. The van der Waals surface area contributed by atoms with Crippen molar-refractivity contribution in [1.82, 2.24) is 0 Å². The third-order valence-corrected chi connectivity index (χ3v) is 2.07. The molecular weight excluding hydrogens is 246 g/mol. The zero-order valence-corrected chi connectivity index (χ0v) is 9.87. The summed E-state index contributed by atoms with van der Waals surface area (Å²) in [5.74, 6) is 0. The van der Waals surface area contributed by atoms with E-state index in [9.17, 15) is 4.79 Å². The Bertz CT molecular complexity index is 266. The van der Waals surface area contributed by atoms with Gasteiger partial charge in [0.2, 0.25) is 0 Å². The molecule has 0 saturated carbocycles. The Balaban J connectivity index is 0.000000292. The average Bonchev–Trinajstić information content (AvgIpc) is 2.21. The highest BCUT2D eigenvalue weighted by molar-refractivity contribution is 9.10. The van der Waals surface area contributed by atoms with E-state index in [1.807, 2.05) is 31.3 Å². The third-order valence-electron chi connectivity index (χ3n) is 1.38. The van der Waals surface area contributed by atoms with Crippen LogP contribution in [-0.4, -0.2) is 20.1 Å². The molecule has 0 aliphatic heterocycles. The standard InChI is InChI=1S/C7H8BrN.C3H6O2/c1-9-7-5-3-2-4-6(7)8;1-2-5-3-4/h2-5,9H,1H3;3H,2H2,1H3. The molecule has 0 unspecified atom stereocenters. The Labute approximate surface area is 92.6 Å². The van der Waals surface area contributed by atoms with Gasteiger partial charge in [-0.3, -0.25) is 4.79 Å². The van der Waals surface area contributed by atoms with Crippen LogP contribution >= 0.6 is 15.9 Å². The summed E-state index contributed by atoms with van der Waals surface area (Å²) < 4.78 is 5.26. The lowest BCUT2D eigenvalue weighted by Crippen LogP contribution is -1.86. The fourth-order valence-electron chi connectivity index (χ4n) is 0.732. The molecule has 4 heteroatoms. The maximum absolute atomic E-state index is 9.18. The van der Waals surface area contributed by atoms with Gasteiger partial charge in [-0.05, 0) is 35.0 Å². The number of halogens is 1. The SMILES string of the molecule is CCOC=O.CNc1ccccc1Br. The normalized spacial score (nSPS) is 8.21. The van der Waals surface area contributed by atoms with Gasteiger partial charge in [0.05, 0.1) is 6.61 Å². The first-order chi connectivity index (χ1) is 6.76. The van der Waals surface area contributed by atoms with Crippen molar-refractivity contribution in [2.45, 2.75) is 6.92 Å². The van der Waals surface area contributed by atoms with E-state index in [4.69, 9.17) is 0 Å². The van der Waals surface area contributed by atoms with E-state index in [1.54, 1.807) is 6.92 Å². The molecule has 14 heavy (non-hydrogen) atoms. The lowest BCUT2D eigenvalue weighted by Gasteiger charge is -1.99. The second-order valence-electron chi connectivity index (χ2n) is 2.28. The summed E-state index contributed by atoms with van der Waals surface area (Å²) >= 11 is 3.39. The van der Waals surface area contributed by atoms with Gasteiger partial charge < -0.3 is 10.1 Å². The van der Waals surface area contributed by atoms with Crippen LogP contribution < -0.4 is 5.32 Å². The van der Waals surface area contributed by atoms with E-state index in [0.717, 1.165) is 10.2 Å². The Kier molecular flexibility index (Phi) is 7.93. The summed E-state index contributed by atoms with van der Waals surface area (Å²) in [5.41, 5.74) is 1.12. The smallest absolute Gasteiger partial charge is 0.293 e. The topological polar surface area (TPSA) is 38.3 Å². The Morgan fingerprint density at radius 3 is 2.43 bits per heavy atom. The highest BCUT2D eigenvalue weighted by atomic mass is 79.9. The second-order valence-corrected chi connectivity index (χ2v) is 3.14. The number of ether oxygens (including phenoxy) is 1. The number of benzene rings is 1. The van der Waals surface area contributed by atoms with Gasteiger partial charge in [0.15, 0.2) is 0 Å². The van der Waals surface area contributed by atoms with Crippen molar-refractivity contribution in [3.05, 3.63) is 28.7 Å². The van der Waals surface area contributed by atoms with E-state index in [1.165, 1.54) is 0 Å². The van der Waals surface area contributed by atoms with Crippen LogP contribution in [0.1, 0.15) is 6.92 Å². The lowest BCUT2D eigenvalue weighted by atomic mass is 10.3. The highest BCUT2D eigenvalue weighted by Gasteiger charge is 1.90. The summed E-state index contributed by atoms with van der Waals surface area (Å²) in [7, 11) is 1.90. The minimum Gasteiger partial charge on any atom is -0.468 e. The molecule has 3 nitrogen and oxygen atoms in total. The molecule has 1 aromatic rings. The number of anilines is 1. The number of carbonyl (C=O) groups is 1. The lowest BCUT2D eigenvalue weighted by molar-refractivity contribution is -0.128. The van der Waals surface area contributed by atoms with E-state index in [0.29, 0.717) is 13.1 Å². The van der Waals surface area contributed by atoms with Crippen molar-refractivity contribution in [1.29, 1.82) is 0 Å². The number of hydrogen-bond acceptors (Lipinski definition) is 3. The fourth-order valence-corrected chi connectivity index (χ4v) is 1.22. The second kappa shape index (κ2) is 8.56. The molecule has 0 atom stereocenters. The summed E-state index contributed by atoms with van der Waals surface area (Å²) in [6.45, 7) is 2.66. The minimum absolute atomic E-state index is 0.431. The molecule has 0 bridgehead atoms. The molecule has 0 radical (unpaired) electrons. The maximum atomic E-state index is 9.18. The van der Waals surface area contributed by atoms with Crippen LogP contribution in [0.2, 0.25) is 0 Å². The average molecular weight is 260 g/mol. The van der Waals surface area contributed by atoms with Gasteiger partial charge in [-0.1, -0.05) is 12.1 Å². The number of para-hydroxylation sites is 1. The van der Waals surface area contributed by atoms with E-state index < -0.39 is 0 Å². The minimum atomic E-state index is 0.431. The van der Waals surface area contributed by atoms with E-state index in [2.05, 4.69) is 26.0 Å².